The van der Waals surface area contributed by atoms with Gasteiger partial charge in [0.1, 0.15) is 6.54 Å². The number of hydrogen-bond donors (Lipinski definition) is 0. The van der Waals surface area contributed by atoms with Gasteiger partial charge >= 0.3 is 0 Å². The molecular formula is C9H15N5O. The molecule has 0 saturated carbocycles. The summed E-state index contributed by atoms with van der Waals surface area (Å²) in [5, 5.41) is 3.26. The molecule has 1 amide bonds. The molecule has 0 aromatic carbocycles. The van der Waals surface area contributed by atoms with E-state index >= 15 is 0 Å². The Hall–Kier alpha value is -1.52. The van der Waals surface area contributed by atoms with Gasteiger partial charge in [0.25, 0.3) is 0 Å². The molecule has 1 fully saturated rings. The van der Waals surface area contributed by atoms with Crippen LogP contribution in [0.25, 0.3) is 10.4 Å². The highest BCUT2D eigenvalue weighted by Gasteiger charge is 2.19. The molecule has 0 bridgehead atoms. The molecule has 0 N–H and O–H groups in total. The van der Waals surface area contributed by atoms with E-state index in [1.54, 1.807) is 4.90 Å². The summed E-state index contributed by atoms with van der Waals surface area (Å²) in [6, 6.07) is 0. The van der Waals surface area contributed by atoms with Gasteiger partial charge in [-0.3, -0.25) is 9.69 Å². The van der Waals surface area contributed by atoms with Crippen molar-refractivity contribution < 1.29 is 4.79 Å². The van der Waals surface area contributed by atoms with Crippen LogP contribution >= 0.6 is 0 Å². The maximum absolute atomic E-state index is 11.4. The highest BCUT2D eigenvalue weighted by molar-refractivity contribution is 5.78. The van der Waals surface area contributed by atoms with Crippen molar-refractivity contribution in [2.45, 2.75) is 0 Å². The van der Waals surface area contributed by atoms with Gasteiger partial charge < -0.3 is 4.90 Å². The third-order valence-electron chi connectivity index (χ3n) is 2.38. The molecule has 1 aliphatic rings. The maximum atomic E-state index is 11.4. The smallest absolute Gasteiger partial charge is 0.228 e. The number of carbonyl (C=O) groups is 1. The highest BCUT2D eigenvalue weighted by atomic mass is 16.2. The van der Waals surface area contributed by atoms with Crippen LogP contribution in [-0.2, 0) is 4.79 Å². The van der Waals surface area contributed by atoms with E-state index < -0.39 is 0 Å². The Bertz CT molecular complexity index is 276. The zero-order chi connectivity index (χ0) is 11.1. The number of carbonyl (C=O) groups excluding carboxylic acids is 1. The molecule has 0 aliphatic carbocycles. The van der Waals surface area contributed by atoms with Crippen molar-refractivity contribution >= 4 is 5.91 Å². The molecule has 15 heavy (non-hydrogen) atoms. The number of azide groups is 1. The second-order valence-electron chi connectivity index (χ2n) is 3.36. The lowest BCUT2D eigenvalue weighted by Crippen LogP contribution is -2.49. The monoisotopic (exact) mass is 209 g/mol. The minimum atomic E-state index is -0.0916. The van der Waals surface area contributed by atoms with Crippen LogP contribution in [0.3, 0.4) is 0 Å². The fraction of sp³-hybridized carbons (Fsp3) is 0.667. The Morgan fingerprint density at radius 3 is 2.67 bits per heavy atom. The van der Waals surface area contributed by atoms with Crippen LogP contribution in [0.4, 0.5) is 0 Å². The molecule has 82 valence electrons. The summed E-state index contributed by atoms with van der Waals surface area (Å²) in [6.45, 7) is 7.57. The van der Waals surface area contributed by atoms with Crippen molar-refractivity contribution in [3.8, 4) is 0 Å². The highest BCUT2D eigenvalue weighted by Crippen LogP contribution is 2.02. The average molecular weight is 209 g/mol. The average Bonchev–Trinajstić information content (AvgIpc) is 2.27. The van der Waals surface area contributed by atoms with Crippen molar-refractivity contribution in [1.82, 2.24) is 9.80 Å². The largest absolute Gasteiger partial charge is 0.340 e. The van der Waals surface area contributed by atoms with E-state index in [0.29, 0.717) is 13.1 Å². The van der Waals surface area contributed by atoms with Crippen LogP contribution in [0.15, 0.2) is 17.8 Å². The first-order valence-corrected chi connectivity index (χ1v) is 4.90. The first kappa shape index (κ1) is 11.6. The summed E-state index contributed by atoms with van der Waals surface area (Å²) in [5.41, 5.74) is 8.09. The fourth-order valence-electron chi connectivity index (χ4n) is 1.55. The molecule has 1 rings (SSSR count). The zero-order valence-electron chi connectivity index (χ0n) is 8.67. The number of rotatable bonds is 4. The standard InChI is InChI=1S/C9H15N5O/c1-2-3-13-4-6-14(7-5-13)9(15)8-11-12-10/h2H,1,3-8H2. The first-order chi connectivity index (χ1) is 7.27. The zero-order valence-corrected chi connectivity index (χ0v) is 8.67. The van der Waals surface area contributed by atoms with Crippen molar-refractivity contribution in [2.24, 2.45) is 5.11 Å². The minimum Gasteiger partial charge on any atom is -0.340 e. The van der Waals surface area contributed by atoms with Gasteiger partial charge in [0.15, 0.2) is 0 Å². The van der Waals surface area contributed by atoms with Crippen LogP contribution in [0.5, 0.6) is 0 Å². The SMILES string of the molecule is C=CCN1CCN(C(=O)CN=[N+]=[N-])CC1. The normalized spacial score (nSPS) is 16.9. The summed E-state index contributed by atoms with van der Waals surface area (Å²) in [7, 11) is 0. The van der Waals surface area contributed by atoms with Gasteiger partial charge in [0.2, 0.25) is 5.91 Å². The Kier molecular flexibility index (Phi) is 4.66. The Labute approximate surface area is 88.8 Å². The second-order valence-corrected chi connectivity index (χ2v) is 3.36. The van der Waals surface area contributed by atoms with Crippen LogP contribution in [0, 0.1) is 0 Å². The molecule has 0 aromatic rings. The van der Waals surface area contributed by atoms with Gasteiger partial charge in [0, 0.05) is 37.6 Å². The number of hydrogen-bond acceptors (Lipinski definition) is 3. The van der Waals surface area contributed by atoms with Gasteiger partial charge in [-0.15, -0.1) is 6.58 Å². The molecule has 6 heteroatoms. The summed E-state index contributed by atoms with van der Waals surface area (Å²) in [4.78, 5) is 18.0. The number of piperazine rings is 1. The minimum absolute atomic E-state index is 0.0715. The topological polar surface area (TPSA) is 72.3 Å². The summed E-state index contributed by atoms with van der Waals surface area (Å²) in [6.07, 6.45) is 1.86. The molecule has 6 nitrogen and oxygen atoms in total. The molecule has 0 atom stereocenters. The Balaban J connectivity index is 2.33. The van der Waals surface area contributed by atoms with Crippen molar-refractivity contribution in [1.29, 1.82) is 0 Å². The lowest BCUT2D eigenvalue weighted by atomic mass is 10.3. The van der Waals surface area contributed by atoms with E-state index in [-0.39, 0.29) is 12.5 Å². The summed E-state index contributed by atoms with van der Waals surface area (Å²) >= 11 is 0. The van der Waals surface area contributed by atoms with Crippen LogP contribution < -0.4 is 0 Å². The molecule has 1 heterocycles. The molecule has 0 unspecified atom stereocenters. The predicted molar refractivity (Wildman–Crippen MR) is 57.2 cm³/mol. The van der Waals surface area contributed by atoms with Gasteiger partial charge in [0.05, 0.1) is 0 Å². The quantitative estimate of drug-likeness (QED) is 0.295. The van der Waals surface area contributed by atoms with Crippen molar-refractivity contribution in [3.05, 3.63) is 23.1 Å². The van der Waals surface area contributed by atoms with Crippen molar-refractivity contribution in [3.63, 3.8) is 0 Å². The summed E-state index contributed by atoms with van der Waals surface area (Å²) < 4.78 is 0. The lowest BCUT2D eigenvalue weighted by Gasteiger charge is -2.33. The predicted octanol–water partition coefficient (Wildman–Crippen LogP) is 0.627. The fourth-order valence-corrected chi connectivity index (χ4v) is 1.55. The Morgan fingerprint density at radius 1 is 1.47 bits per heavy atom. The van der Waals surface area contributed by atoms with E-state index in [0.717, 1.165) is 19.6 Å². The lowest BCUT2D eigenvalue weighted by molar-refractivity contribution is -0.131. The molecule has 0 radical (unpaired) electrons. The molecule has 0 spiro atoms. The van der Waals surface area contributed by atoms with Gasteiger partial charge in [-0.25, -0.2) is 0 Å². The molecule has 1 saturated heterocycles. The Morgan fingerprint density at radius 2 is 2.13 bits per heavy atom. The number of amides is 1. The van der Waals surface area contributed by atoms with E-state index in [2.05, 4.69) is 21.5 Å². The maximum Gasteiger partial charge on any atom is 0.228 e. The molecule has 1 aliphatic heterocycles. The third-order valence-corrected chi connectivity index (χ3v) is 2.38. The van der Waals surface area contributed by atoms with Gasteiger partial charge in [-0.05, 0) is 5.53 Å². The van der Waals surface area contributed by atoms with Crippen LogP contribution in [0.2, 0.25) is 0 Å². The van der Waals surface area contributed by atoms with E-state index in [1.165, 1.54) is 0 Å². The first-order valence-electron chi connectivity index (χ1n) is 4.90. The third kappa shape index (κ3) is 3.61. The van der Waals surface area contributed by atoms with Crippen LogP contribution in [-0.4, -0.2) is 55.0 Å². The van der Waals surface area contributed by atoms with Gasteiger partial charge in [-0.2, -0.15) is 0 Å². The van der Waals surface area contributed by atoms with E-state index in [1.807, 2.05) is 6.08 Å². The second kappa shape index (κ2) is 6.06. The van der Waals surface area contributed by atoms with Crippen molar-refractivity contribution in [2.75, 3.05) is 39.3 Å². The van der Waals surface area contributed by atoms with E-state index in [4.69, 9.17) is 5.53 Å². The molecular weight excluding hydrogens is 194 g/mol. The van der Waals surface area contributed by atoms with Crippen LogP contribution in [0.1, 0.15) is 0 Å². The van der Waals surface area contributed by atoms with E-state index in [9.17, 15) is 4.79 Å². The summed E-state index contributed by atoms with van der Waals surface area (Å²) in [5.74, 6) is -0.0916. The van der Waals surface area contributed by atoms with Gasteiger partial charge in [-0.1, -0.05) is 11.2 Å². The molecule has 0 aromatic heterocycles. The number of nitrogens with zero attached hydrogens (tertiary/aromatic N) is 5.